The van der Waals surface area contributed by atoms with Gasteiger partial charge in [0.2, 0.25) is 5.96 Å². The van der Waals surface area contributed by atoms with Gasteiger partial charge in [0.05, 0.1) is 33.1 Å². The summed E-state index contributed by atoms with van der Waals surface area (Å²) < 4.78 is 10.5. The lowest BCUT2D eigenvalue weighted by atomic mass is 9.88. The molecule has 30 heavy (non-hydrogen) atoms. The summed E-state index contributed by atoms with van der Waals surface area (Å²) in [7, 11) is 2.61. The van der Waals surface area contributed by atoms with Crippen LogP contribution in [0.3, 0.4) is 0 Å². The van der Waals surface area contributed by atoms with E-state index in [9.17, 15) is 9.90 Å². The van der Waals surface area contributed by atoms with Gasteiger partial charge in [0.25, 0.3) is 0 Å². The maximum atomic E-state index is 11.6. The van der Waals surface area contributed by atoms with Gasteiger partial charge in [-0.1, -0.05) is 13.8 Å². The summed E-state index contributed by atoms with van der Waals surface area (Å²) in [5.74, 6) is 0.992. The van der Waals surface area contributed by atoms with E-state index in [0.29, 0.717) is 24.0 Å². The van der Waals surface area contributed by atoms with E-state index in [1.165, 1.54) is 5.01 Å². The van der Waals surface area contributed by atoms with Crippen molar-refractivity contribution in [3.8, 4) is 11.5 Å². The number of nitrogens with two attached hydrogens (primary N) is 1. The van der Waals surface area contributed by atoms with Crippen LogP contribution < -0.4 is 20.4 Å². The molecule has 0 saturated heterocycles. The van der Waals surface area contributed by atoms with Gasteiger partial charge in [0.15, 0.2) is 11.5 Å². The van der Waals surface area contributed by atoms with Crippen LogP contribution in [0.15, 0.2) is 28.2 Å². The molecule has 1 aromatic carbocycles. The number of carboxylic acids is 1. The minimum absolute atomic E-state index is 0.186. The molecule has 0 aliphatic carbocycles. The van der Waals surface area contributed by atoms with Crippen molar-refractivity contribution in [3.63, 3.8) is 0 Å². The van der Waals surface area contributed by atoms with Crippen molar-refractivity contribution in [2.75, 3.05) is 27.4 Å². The molecule has 1 aromatic rings. The summed E-state index contributed by atoms with van der Waals surface area (Å²) in [6.07, 6.45) is 2.56. The maximum absolute atomic E-state index is 11.6. The Kier molecular flexibility index (Phi) is 8.49. The lowest BCUT2D eigenvalue weighted by Crippen LogP contribution is -2.63. The van der Waals surface area contributed by atoms with E-state index in [4.69, 9.17) is 15.2 Å². The number of hydrazone groups is 1. The molecule has 0 bridgehead atoms. The molecule has 1 aliphatic heterocycles. The third-order valence-corrected chi connectivity index (χ3v) is 4.79. The normalized spacial score (nSPS) is 16.1. The van der Waals surface area contributed by atoms with Crippen molar-refractivity contribution < 1.29 is 19.4 Å². The van der Waals surface area contributed by atoms with Crippen LogP contribution in [-0.4, -0.2) is 73.7 Å². The average Bonchev–Trinajstić information content (AvgIpc) is 2.71. The standard InChI is InChI=1S/C19H31BN6O4/c1-13(2)8-9-22-20-24-19(21)26(12-25(20)14(3)18(27)28)23-11-15-6-7-16(29-4)17(10-15)30-5/h6-7,10-11,13-14,22H,8-9,12H2,1-5H3,(H2,21,24)(H,27,28). The van der Waals surface area contributed by atoms with Gasteiger partial charge in [-0.25, -0.2) is 5.01 Å². The van der Waals surface area contributed by atoms with Crippen molar-refractivity contribution in [2.45, 2.75) is 33.2 Å². The summed E-state index contributed by atoms with van der Waals surface area (Å²) in [5.41, 5.74) is 6.88. The molecule has 0 fully saturated rings. The van der Waals surface area contributed by atoms with Gasteiger partial charge in [0, 0.05) is 0 Å². The fourth-order valence-electron chi connectivity index (χ4n) is 2.88. The zero-order valence-corrected chi connectivity index (χ0v) is 18.2. The third-order valence-electron chi connectivity index (χ3n) is 4.79. The minimum Gasteiger partial charge on any atom is -0.493 e. The fraction of sp³-hybridized carbons (Fsp3) is 0.526. The number of methoxy groups -OCH3 is 2. The van der Waals surface area contributed by atoms with Crippen LogP contribution in [0.25, 0.3) is 0 Å². The van der Waals surface area contributed by atoms with Gasteiger partial charge in [0.1, 0.15) is 0 Å². The lowest BCUT2D eigenvalue weighted by Gasteiger charge is -2.37. The molecule has 2 rings (SSSR count). The molecular formula is C19H31BN6O4. The minimum atomic E-state index is -0.940. The summed E-state index contributed by atoms with van der Waals surface area (Å²) >= 11 is 0. The van der Waals surface area contributed by atoms with E-state index in [2.05, 4.69) is 29.1 Å². The number of benzene rings is 1. The summed E-state index contributed by atoms with van der Waals surface area (Å²) in [6.45, 7) is 6.76. The number of guanidine groups is 1. The van der Waals surface area contributed by atoms with Crippen molar-refractivity contribution in [3.05, 3.63) is 23.8 Å². The van der Waals surface area contributed by atoms with E-state index in [0.717, 1.165) is 12.0 Å². The van der Waals surface area contributed by atoms with Crippen LogP contribution in [0.5, 0.6) is 11.5 Å². The molecule has 10 nitrogen and oxygen atoms in total. The molecule has 1 aliphatic rings. The van der Waals surface area contributed by atoms with Gasteiger partial charge < -0.3 is 25.5 Å². The van der Waals surface area contributed by atoms with Crippen LogP contribution in [0.2, 0.25) is 0 Å². The Morgan fingerprint density at radius 2 is 2.07 bits per heavy atom. The highest BCUT2D eigenvalue weighted by Gasteiger charge is 2.37. The van der Waals surface area contributed by atoms with Crippen LogP contribution in [0.1, 0.15) is 32.8 Å². The van der Waals surface area contributed by atoms with Gasteiger partial charge in [-0.05, 0) is 49.6 Å². The van der Waals surface area contributed by atoms with Gasteiger partial charge in [-0.2, -0.15) is 5.10 Å². The maximum Gasteiger partial charge on any atom is 0.458 e. The molecule has 4 N–H and O–H groups in total. The summed E-state index contributed by atoms with van der Waals surface area (Å²) in [5, 5.41) is 18.6. The molecule has 1 atom stereocenters. The molecule has 0 amide bonds. The second kappa shape index (κ2) is 10.8. The zero-order valence-electron chi connectivity index (χ0n) is 18.2. The number of carbonyl (C=O) groups is 1. The van der Waals surface area contributed by atoms with E-state index in [-0.39, 0.29) is 12.6 Å². The first-order valence-corrected chi connectivity index (χ1v) is 9.85. The molecular weight excluding hydrogens is 387 g/mol. The Balaban J connectivity index is 2.20. The number of rotatable bonds is 10. The predicted octanol–water partition coefficient (Wildman–Crippen LogP) is 1.02. The molecule has 1 unspecified atom stereocenters. The smallest absolute Gasteiger partial charge is 0.458 e. The van der Waals surface area contributed by atoms with Gasteiger partial charge >= 0.3 is 13.1 Å². The summed E-state index contributed by atoms with van der Waals surface area (Å²) in [6, 6.07) is 4.63. The fourth-order valence-corrected chi connectivity index (χ4v) is 2.88. The first kappa shape index (κ1) is 23.5. The Bertz CT molecular complexity index is 788. The Morgan fingerprint density at radius 3 is 2.67 bits per heavy atom. The van der Waals surface area contributed by atoms with Crippen molar-refractivity contribution >= 4 is 25.3 Å². The van der Waals surface area contributed by atoms with E-state index >= 15 is 0 Å². The zero-order chi connectivity index (χ0) is 22.3. The van der Waals surface area contributed by atoms with Gasteiger partial charge in [-0.15, -0.1) is 0 Å². The first-order chi connectivity index (χ1) is 14.3. The van der Waals surface area contributed by atoms with Crippen LogP contribution in [0.4, 0.5) is 0 Å². The Morgan fingerprint density at radius 1 is 1.37 bits per heavy atom. The Labute approximate surface area is 177 Å². The highest BCUT2D eigenvalue weighted by molar-refractivity contribution is 6.53. The quantitative estimate of drug-likeness (QED) is 0.380. The van der Waals surface area contributed by atoms with Crippen LogP contribution in [-0.2, 0) is 4.79 Å². The number of carboxylic acid groups (broad SMARTS) is 1. The van der Waals surface area contributed by atoms with E-state index in [1.54, 1.807) is 44.3 Å². The number of nitrogens with one attached hydrogen (secondary N) is 1. The first-order valence-electron chi connectivity index (χ1n) is 9.85. The van der Waals surface area contributed by atoms with Crippen molar-refractivity contribution in [2.24, 2.45) is 21.7 Å². The topological polar surface area (TPSA) is 125 Å². The third kappa shape index (κ3) is 6.10. The molecule has 0 aromatic heterocycles. The molecule has 1 heterocycles. The van der Waals surface area contributed by atoms with Crippen molar-refractivity contribution in [1.82, 2.24) is 15.0 Å². The molecule has 0 saturated carbocycles. The van der Waals surface area contributed by atoms with Gasteiger partial charge in [-0.3, -0.25) is 14.5 Å². The number of hydrogen-bond donors (Lipinski definition) is 3. The SMILES string of the molecule is COc1ccc(C=NN2CN(C(C)C(=O)O)B(NCCC(C)C)N=C2N)cc1OC. The number of ether oxygens (including phenoxy) is 2. The Hall–Kier alpha value is -2.79. The molecule has 0 radical (unpaired) electrons. The molecule has 164 valence electrons. The average molecular weight is 418 g/mol. The van der Waals surface area contributed by atoms with Crippen LogP contribution in [0, 0.1) is 5.92 Å². The summed E-state index contributed by atoms with van der Waals surface area (Å²) in [4.78, 5) is 17.7. The number of hydrogen-bond acceptors (Lipinski definition) is 9. The highest BCUT2D eigenvalue weighted by Crippen LogP contribution is 2.27. The predicted molar refractivity (Wildman–Crippen MR) is 118 cm³/mol. The second-order valence-electron chi connectivity index (χ2n) is 7.43. The number of nitrogens with zero attached hydrogens (tertiary/aromatic N) is 4. The number of aliphatic carboxylic acids is 1. The largest absolute Gasteiger partial charge is 0.493 e. The van der Waals surface area contributed by atoms with E-state index in [1.807, 2.05) is 6.07 Å². The lowest BCUT2D eigenvalue weighted by molar-refractivity contribution is -0.141. The second-order valence-corrected chi connectivity index (χ2v) is 7.43. The monoisotopic (exact) mass is 418 g/mol. The molecule has 11 heteroatoms. The van der Waals surface area contributed by atoms with Crippen molar-refractivity contribution in [1.29, 1.82) is 0 Å². The molecule has 0 spiro atoms. The van der Waals surface area contributed by atoms with E-state index < -0.39 is 19.1 Å². The van der Waals surface area contributed by atoms with Crippen LogP contribution >= 0.6 is 0 Å². The highest BCUT2D eigenvalue weighted by atomic mass is 16.5.